The lowest BCUT2D eigenvalue weighted by molar-refractivity contribution is -0.121. The summed E-state index contributed by atoms with van der Waals surface area (Å²) < 4.78 is 0. The van der Waals surface area contributed by atoms with Gasteiger partial charge in [0.1, 0.15) is 0 Å². The molecule has 0 aromatic heterocycles. The van der Waals surface area contributed by atoms with E-state index in [0.717, 1.165) is 50.5 Å². The Morgan fingerprint density at radius 3 is 2.26 bits per heavy atom. The quantitative estimate of drug-likeness (QED) is 0.430. The summed E-state index contributed by atoms with van der Waals surface area (Å²) in [5.41, 5.74) is 2.47. The van der Waals surface area contributed by atoms with Gasteiger partial charge in [-0.3, -0.25) is 14.7 Å². The van der Waals surface area contributed by atoms with E-state index in [4.69, 9.17) is 0 Å². The zero-order valence-corrected chi connectivity index (χ0v) is 18.5. The zero-order chi connectivity index (χ0) is 21.7. The largest absolute Gasteiger partial charge is 0.357 e. The van der Waals surface area contributed by atoms with Crippen molar-refractivity contribution in [3.05, 3.63) is 71.8 Å². The van der Waals surface area contributed by atoms with Crippen LogP contribution in [0.3, 0.4) is 0 Å². The third kappa shape index (κ3) is 8.42. The van der Waals surface area contributed by atoms with Crippen molar-refractivity contribution in [3.8, 4) is 0 Å². The minimum atomic E-state index is 0.0256. The molecule has 0 unspecified atom stereocenters. The molecule has 166 valence electrons. The van der Waals surface area contributed by atoms with Gasteiger partial charge < -0.3 is 16.0 Å². The van der Waals surface area contributed by atoms with Crippen LogP contribution in [0.15, 0.2) is 65.7 Å². The minimum absolute atomic E-state index is 0.0256. The number of hydrogen-bond donors (Lipinski definition) is 3. The van der Waals surface area contributed by atoms with Crippen molar-refractivity contribution >= 4 is 11.9 Å². The average Bonchev–Trinajstić information content (AvgIpc) is 2.80. The van der Waals surface area contributed by atoms with Gasteiger partial charge in [0.25, 0.3) is 0 Å². The highest BCUT2D eigenvalue weighted by atomic mass is 16.1. The van der Waals surface area contributed by atoms with Gasteiger partial charge in [-0.15, -0.1) is 0 Å². The predicted molar refractivity (Wildman–Crippen MR) is 127 cm³/mol. The number of carbonyl (C=O) groups is 1. The van der Waals surface area contributed by atoms with Crippen LogP contribution in [-0.2, 0) is 17.9 Å². The fourth-order valence-corrected chi connectivity index (χ4v) is 3.74. The van der Waals surface area contributed by atoms with E-state index in [0.29, 0.717) is 25.6 Å². The third-order valence-electron chi connectivity index (χ3n) is 5.46. The second kappa shape index (κ2) is 12.7. The molecule has 3 rings (SSSR count). The molecule has 1 aliphatic heterocycles. The van der Waals surface area contributed by atoms with Crippen molar-refractivity contribution in [2.45, 2.75) is 45.3 Å². The molecule has 0 bridgehead atoms. The van der Waals surface area contributed by atoms with Gasteiger partial charge in [0.15, 0.2) is 5.96 Å². The number of hydrogen-bond acceptors (Lipinski definition) is 3. The Labute approximate surface area is 186 Å². The van der Waals surface area contributed by atoms with Crippen LogP contribution in [0.1, 0.15) is 37.3 Å². The van der Waals surface area contributed by atoms with Crippen LogP contribution < -0.4 is 16.0 Å². The first-order valence-corrected chi connectivity index (χ1v) is 11.3. The summed E-state index contributed by atoms with van der Waals surface area (Å²) in [6, 6.07) is 21.0. The van der Waals surface area contributed by atoms with Crippen LogP contribution in [0.4, 0.5) is 0 Å². The molecule has 0 atom stereocenters. The van der Waals surface area contributed by atoms with Crippen LogP contribution in [0.25, 0.3) is 0 Å². The monoisotopic (exact) mass is 421 g/mol. The van der Waals surface area contributed by atoms with Gasteiger partial charge in [0.05, 0.1) is 6.54 Å². The van der Waals surface area contributed by atoms with Gasteiger partial charge in [-0.05, 0) is 30.9 Å². The summed E-state index contributed by atoms with van der Waals surface area (Å²) in [4.78, 5) is 19.2. The fourth-order valence-electron chi connectivity index (χ4n) is 3.74. The van der Waals surface area contributed by atoms with Crippen molar-refractivity contribution in [2.75, 3.05) is 26.2 Å². The number of nitrogens with one attached hydrogen (secondary N) is 3. The lowest BCUT2D eigenvalue weighted by Gasteiger charge is -2.33. The predicted octanol–water partition coefficient (Wildman–Crippen LogP) is 2.91. The number of benzene rings is 2. The molecule has 0 saturated carbocycles. The molecule has 0 radical (unpaired) electrons. The molecule has 31 heavy (non-hydrogen) atoms. The average molecular weight is 422 g/mol. The SMILES string of the molecule is CCNC(=NCCC(=O)NCc1ccccc1)NC1CCN(Cc2ccccc2)CC1. The van der Waals surface area contributed by atoms with Gasteiger partial charge in [-0.1, -0.05) is 60.7 Å². The van der Waals surface area contributed by atoms with Gasteiger partial charge in [-0.2, -0.15) is 0 Å². The standard InChI is InChI=1S/C25H35N5O/c1-2-26-25(27-16-13-24(31)28-19-21-9-5-3-6-10-21)29-23-14-17-30(18-15-23)20-22-11-7-4-8-12-22/h3-12,23H,2,13-20H2,1H3,(H,28,31)(H2,26,27,29). The Balaban J connectivity index is 1.37. The third-order valence-corrected chi connectivity index (χ3v) is 5.46. The Hall–Kier alpha value is -2.86. The fraction of sp³-hybridized carbons (Fsp3) is 0.440. The van der Waals surface area contributed by atoms with Crippen LogP contribution in [0, 0.1) is 0 Å². The lowest BCUT2D eigenvalue weighted by atomic mass is 10.0. The number of likely N-dealkylation sites (tertiary alicyclic amines) is 1. The summed E-state index contributed by atoms with van der Waals surface area (Å²) in [5.74, 6) is 0.831. The van der Waals surface area contributed by atoms with E-state index >= 15 is 0 Å². The van der Waals surface area contributed by atoms with Crippen molar-refractivity contribution in [1.82, 2.24) is 20.9 Å². The topological polar surface area (TPSA) is 68.8 Å². The molecule has 1 saturated heterocycles. The molecule has 2 aromatic rings. The lowest BCUT2D eigenvalue weighted by Crippen LogP contribution is -2.48. The maximum atomic E-state index is 12.1. The number of guanidine groups is 1. The highest BCUT2D eigenvalue weighted by molar-refractivity contribution is 5.81. The number of nitrogens with zero attached hydrogens (tertiary/aromatic N) is 2. The van der Waals surface area contributed by atoms with Gasteiger partial charge in [0.2, 0.25) is 5.91 Å². The number of amides is 1. The zero-order valence-electron chi connectivity index (χ0n) is 18.5. The minimum Gasteiger partial charge on any atom is -0.357 e. The molecule has 3 N–H and O–H groups in total. The van der Waals surface area contributed by atoms with Crippen molar-refractivity contribution in [3.63, 3.8) is 0 Å². The molecular weight excluding hydrogens is 386 g/mol. The highest BCUT2D eigenvalue weighted by Gasteiger charge is 2.20. The van der Waals surface area contributed by atoms with E-state index < -0.39 is 0 Å². The normalized spacial score (nSPS) is 15.5. The summed E-state index contributed by atoms with van der Waals surface area (Å²) in [5, 5.41) is 9.82. The molecule has 0 aliphatic carbocycles. The second-order valence-corrected chi connectivity index (χ2v) is 7.95. The number of piperidine rings is 1. The number of carbonyl (C=O) groups excluding carboxylic acids is 1. The van der Waals surface area contributed by atoms with E-state index in [1.54, 1.807) is 0 Å². The van der Waals surface area contributed by atoms with Crippen LogP contribution >= 0.6 is 0 Å². The Morgan fingerprint density at radius 1 is 0.968 bits per heavy atom. The molecular formula is C25H35N5O. The molecule has 1 aliphatic rings. The molecule has 1 heterocycles. The molecule has 0 spiro atoms. The molecule has 6 heteroatoms. The van der Waals surface area contributed by atoms with Gasteiger partial charge >= 0.3 is 0 Å². The van der Waals surface area contributed by atoms with Crippen LogP contribution in [0.2, 0.25) is 0 Å². The first kappa shape index (κ1) is 22.8. The van der Waals surface area contributed by atoms with E-state index in [-0.39, 0.29) is 5.91 Å². The first-order valence-electron chi connectivity index (χ1n) is 11.3. The molecule has 6 nitrogen and oxygen atoms in total. The highest BCUT2D eigenvalue weighted by Crippen LogP contribution is 2.13. The summed E-state index contributed by atoms with van der Waals surface area (Å²) in [6.45, 7) is 7.07. The molecule has 2 aromatic carbocycles. The summed E-state index contributed by atoms with van der Waals surface area (Å²) in [6.07, 6.45) is 2.57. The molecule has 1 amide bonds. The maximum Gasteiger partial charge on any atom is 0.222 e. The second-order valence-electron chi connectivity index (χ2n) is 7.95. The summed E-state index contributed by atoms with van der Waals surface area (Å²) in [7, 11) is 0. The van der Waals surface area contributed by atoms with E-state index in [9.17, 15) is 4.79 Å². The molecule has 1 fully saturated rings. The van der Waals surface area contributed by atoms with Crippen LogP contribution in [0.5, 0.6) is 0 Å². The van der Waals surface area contributed by atoms with Crippen LogP contribution in [-0.4, -0.2) is 49.0 Å². The smallest absolute Gasteiger partial charge is 0.222 e. The van der Waals surface area contributed by atoms with Crippen molar-refractivity contribution < 1.29 is 4.79 Å². The van der Waals surface area contributed by atoms with Gasteiger partial charge in [0, 0.05) is 45.2 Å². The number of aliphatic imine (C=N–C) groups is 1. The van der Waals surface area contributed by atoms with Crippen molar-refractivity contribution in [1.29, 1.82) is 0 Å². The first-order chi connectivity index (χ1) is 15.2. The number of rotatable bonds is 9. The van der Waals surface area contributed by atoms with E-state index in [2.05, 4.69) is 63.1 Å². The van der Waals surface area contributed by atoms with E-state index in [1.807, 2.05) is 30.3 Å². The van der Waals surface area contributed by atoms with Crippen molar-refractivity contribution in [2.24, 2.45) is 4.99 Å². The Kier molecular flexibility index (Phi) is 9.38. The summed E-state index contributed by atoms with van der Waals surface area (Å²) >= 11 is 0. The van der Waals surface area contributed by atoms with E-state index in [1.165, 1.54) is 5.56 Å². The Bertz CT molecular complexity index is 801. The van der Waals surface area contributed by atoms with Gasteiger partial charge in [-0.25, -0.2) is 0 Å². The maximum absolute atomic E-state index is 12.1. The Morgan fingerprint density at radius 2 is 1.61 bits per heavy atom.